The highest BCUT2D eigenvalue weighted by Gasteiger charge is 2.44. The van der Waals surface area contributed by atoms with Crippen LogP contribution in [-0.2, 0) is 9.59 Å². The molecular formula is C14H20O5. The van der Waals surface area contributed by atoms with Crippen molar-refractivity contribution < 1.29 is 24.9 Å². The molecule has 0 aromatic heterocycles. The summed E-state index contributed by atoms with van der Waals surface area (Å²) in [7, 11) is 0. The van der Waals surface area contributed by atoms with Crippen LogP contribution in [0.1, 0.15) is 27.7 Å². The lowest BCUT2D eigenvalue weighted by Crippen LogP contribution is -2.43. The fourth-order valence-electron chi connectivity index (χ4n) is 2.54. The van der Waals surface area contributed by atoms with E-state index in [9.17, 15) is 19.8 Å². The van der Waals surface area contributed by atoms with Gasteiger partial charge in [0, 0.05) is 0 Å². The van der Waals surface area contributed by atoms with Crippen molar-refractivity contribution in [1.82, 2.24) is 0 Å². The van der Waals surface area contributed by atoms with E-state index in [1.165, 1.54) is 12.2 Å². The van der Waals surface area contributed by atoms with Gasteiger partial charge in [-0.05, 0) is 17.4 Å². The lowest BCUT2D eigenvalue weighted by molar-refractivity contribution is -0.142. The number of carboxylic acid groups (broad SMARTS) is 2. The first-order valence-corrected chi connectivity index (χ1v) is 6.25. The van der Waals surface area contributed by atoms with Crippen LogP contribution in [0.4, 0.5) is 0 Å². The Balaban J connectivity index is 3.58. The number of aliphatic hydroxyl groups is 1. The van der Waals surface area contributed by atoms with Crippen LogP contribution in [0, 0.1) is 17.8 Å². The zero-order valence-corrected chi connectivity index (χ0v) is 11.5. The van der Waals surface area contributed by atoms with E-state index in [1.807, 2.05) is 0 Å². The van der Waals surface area contributed by atoms with Crippen LogP contribution in [-0.4, -0.2) is 32.9 Å². The van der Waals surface area contributed by atoms with E-state index < -0.39 is 23.5 Å². The summed E-state index contributed by atoms with van der Waals surface area (Å²) in [6.45, 7) is 7.05. The standard InChI is InChI=1S/C14H20O5/c1-7(2)11-10(13(17)18)9(12(15)16)5-6-14(11,19)8(3)4/h5-9,19H,1-4H3,(H,15,16)(H,17,18). The van der Waals surface area contributed by atoms with Gasteiger partial charge in [-0.2, -0.15) is 0 Å². The van der Waals surface area contributed by atoms with E-state index >= 15 is 0 Å². The van der Waals surface area contributed by atoms with Gasteiger partial charge in [0.05, 0.1) is 5.57 Å². The van der Waals surface area contributed by atoms with Gasteiger partial charge in [0.1, 0.15) is 11.5 Å². The largest absolute Gasteiger partial charge is 0.481 e. The molecule has 0 radical (unpaired) electrons. The monoisotopic (exact) mass is 268 g/mol. The Labute approximate surface area is 112 Å². The normalized spacial score (nSPS) is 27.2. The number of aliphatic carboxylic acids is 2. The Bertz CT molecular complexity index is 458. The van der Waals surface area contributed by atoms with E-state index in [0.29, 0.717) is 0 Å². The quantitative estimate of drug-likeness (QED) is 0.674. The third kappa shape index (κ3) is 2.56. The zero-order valence-electron chi connectivity index (χ0n) is 11.5. The summed E-state index contributed by atoms with van der Waals surface area (Å²) in [5.74, 6) is -4.23. The number of hydrogen-bond acceptors (Lipinski definition) is 3. The van der Waals surface area contributed by atoms with Crippen molar-refractivity contribution in [3.05, 3.63) is 23.3 Å². The third-order valence-corrected chi connectivity index (χ3v) is 3.53. The number of carbonyl (C=O) groups is 2. The molecule has 0 aromatic carbocycles. The van der Waals surface area contributed by atoms with Crippen molar-refractivity contribution >= 4 is 11.9 Å². The number of carboxylic acids is 2. The van der Waals surface area contributed by atoms with Crippen molar-refractivity contribution in [1.29, 1.82) is 0 Å². The van der Waals surface area contributed by atoms with E-state index in [2.05, 4.69) is 0 Å². The predicted molar refractivity (Wildman–Crippen MR) is 69.6 cm³/mol. The summed E-state index contributed by atoms with van der Waals surface area (Å²) in [5.41, 5.74) is -1.35. The van der Waals surface area contributed by atoms with E-state index in [0.717, 1.165) is 0 Å². The molecule has 1 aliphatic carbocycles. The molecule has 0 aliphatic heterocycles. The SMILES string of the molecule is CC(C)C1=C(C(=O)O)C(C(=O)O)C=CC1(O)C(C)C. The summed E-state index contributed by atoms with van der Waals surface area (Å²) < 4.78 is 0. The average molecular weight is 268 g/mol. The highest BCUT2D eigenvalue weighted by atomic mass is 16.4. The van der Waals surface area contributed by atoms with Crippen LogP contribution in [0.3, 0.4) is 0 Å². The molecule has 0 heterocycles. The Hall–Kier alpha value is -1.62. The molecule has 2 unspecified atom stereocenters. The van der Waals surface area contributed by atoms with Crippen LogP contribution < -0.4 is 0 Å². The number of rotatable bonds is 4. The summed E-state index contributed by atoms with van der Waals surface area (Å²) in [6.07, 6.45) is 2.68. The van der Waals surface area contributed by atoms with Crippen molar-refractivity contribution in [2.24, 2.45) is 17.8 Å². The van der Waals surface area contributed by atoms with Crippen LogP contribution in [0.25, 0.3) is 0 Å². The Kier molecular flexibility index (Phi) is 4.20. The van der Waals surface area contributed by atoms with Gasteiger partial charge < -0.3 is 15.3 Å². The molecule has 5 heteroatoms. The first kappa shape index (κ1) is 15.4. The van der Waals surface area contributed by atoms with Crippen molar-refractivity contribution in [2.45, 2.75) is 33.3 Å². The smallest absolute Gasteiger partial charge is 0.332 e. The average Bonchev–Trinajstić information content (AvgIpc) is 2.26. The van der Waals surface area contributed by atoms with Gasteiger partial charge in [0.25, 0.3) is 0 Å². The molecule has 0 fully saturated rings. The molecular weight excluding hydrogens is 248 g/mol. The minimum Gasteiger partial charge on any atom is -0.481 e. The molecule has 3 N–H and O–H groups in total. The Morgan fingerprint density at radius 1 is 1.21 bits per heavy atom. The second kappa shape index (κ2) is 5.17. The van der Waals surface area contributed by atoms with E-state index in [1.54, 1.807) is 27.7 Å². The van der Waals surface area contributed by atoms with Crippen LogP contribution in [0.15, 0.2) is 23.3 Å². The topological polar surface area (TPSA) is 94.8 Å². The molecule has 1 aliphatic rings. The van der Waals surface area contributed by atoms with E-state index in [-0.39, 0.29) is 23.0 Å². The number of hydrogen-bond donors (Lipinski definition) is 3. The van der Waals surface area contributed by atoms with Crippen LogP contribution >= 0.6 is 0 Å². The maximum Gasteiger partial charge on any atom is 0.332 e. The fourth-order valence-corrected chi connectivity index (χ4v) is 2.54. The summed E-state index contributed by atoms with van der Waals surface area (Å²) >= 11 is 0. The molecule has 0 saturated heterocycles. The first-order chi connectivity index (χ1) is 8.62. The van der Waals surface area contributed by atoms with Crippen molar-refractivity contribution in [3.63, 3.8) is 0 Å². The highest BCUT2D eigenvalue weighted by Crippen LogP contribution is 2.41. The maximum atomic E-state index is 11.4. The minimum absolute atomic E-state index is 0.221. The van der Waals surface area contributed by atoms with Gasteiger partial charge in [-0.3, -0.25) is 4.79 Å². The summed E-state index contributed by atoms with van der Waals surface area (Å²) in [6, 6.07) is 0. The summed E-state index contributed by atoms with van der Waals surface area (Å²) in [4.78, 5) is 22.6. The summed E-state index contributed by atoms with van der Waals surface area (Å²) in [5, 5.41) is 29.2. The molecule has 19 heavy (non-hydrogen) atoms. The second-order valence-electron chi connectivity index (χ2n) is 5.44. The van der Waals surface area contributed by atoms with Crippen molar-refractivity contribution in [3.8, 4) is 0 Å². The molecule has 0 aromatic rings. The molecule has 0 amide bonds. The molecule has 0 bridgehead atoms. The zero-order chi connectivity index (χ0) is 15.0. The maximum absolute atomic E-state index is 11.4. The van der Waals surface area contributed by atoms with Gasteiger partial charge >= 0.3 is 11.9 Å². The van der Waals surface area contributed by atoms with Crippen LogP contribution in [0.2, 0.25) is 0 Å². The highest BCUT2D eigenvalue weighted by molar-refractivity contribution is 5.96. The van der Waals surface area contributed by atoms with E-state index in [4.69, 9.17) is 5.11 Å². The molecule has 2 atom stereocenters. The van der Waals surface area contributed by atoms with Crippen molar-refractivity contribution in [2.75, 3.05) is 0 Å². The fraction of sp³-hybridized carbons (Fsp3) is 0.571. The van der Waals surface area contributed by atoms with Crippen LogP contribution in [0.5, 0.6) is 0 Å². The van der Waals surface area contributed by atoms with Gasteiger partial charge in [-0.25, -0.2) is 4.79 Å². The Morgan fingerprint density at radius 2 is 1.74 bits per heavy atom. The third-order valence-electron chi connectivity index (χ3n) is 3.53. The molecule has 0 saturated carbocycles. The minimum atomic E-state index is -1.41. The molecule has 5 nitrogen and oxygen atoms in total. The first-order valence-electron chi connectivity index (χ1n) is 6.25. The second-order valence-corrected chi connectivity index (χ2v) is 5.44. The van der Waals surface area contributed by atoms with Gasteiger partial charge in [-0.15, -0.1) is 0 Å². The molecule has 1 rings (SSSR count). The van der Waals surface area contributed by atoms with Gasteiger partial charge in [0.15, 0.2) is 0 Å². The lowest BCUT2D eigenvalue weighted by Gasteiger charge is -2.39. The van der Waals surface area contributed by atoms with Gasteiger partial charge in [-0.1, -0.05) is 39.8 Å². The molecule has 0 spiro atoms. The lowest BCUT2D eigenvalue weighted by atomic mass is 9.69. The van der Waals surface area contributed by atoms with Gasteiger partial charge in [0.2, 0.25) is 0 Å². The molecule has 106 valence electrons. The predicted octanol–water partition coefficient (Wildman–Crippen LogP) is 1.68. The Morgan fingerprint density at radius 3 is 2.05 bits per heavy atom.